The SMILES string of the molecule is OC(COc1ccc(F)cc1)CSc1nc(C(F)(F)F)nc2ccccc12. The van der Waals surface area contributed by atoms with Gasteiger partial charge in [0.1, 0.15) is 23.2 Å². The second kappa shape index (κ2) is 8.10. The van der Waals surface area contributed by atoms with Crippen LogP contribution in [0.4, 0.5) is 17.6 Å². The molecule has 0 aliphatic carbocycles. The van der Waals surface area contributed by atoms with Gasteiger partial charge in [0.25, 0.3) is 0 Å². The van der Waals surface area contributed by atoms with Crippen molar-refractivity contribution in [2.45, 2.75) is 17.3 Å². The molecule has 0 aliphatic heterocycles. The summed E-state index contributed by atoms with van der Waals surface area (Å²) in [6.07, 6.45) is -5.62. The quantitative estimate of drug-likeness (QED) is 0.381. The minimum absolute atomic E-state index is 0.0689. The summed E-state index contributed by atoms with van der Waals surface area (Å²) in [5, 5.41) is 10.6. The van der Waals surface area contributed by atoms with E-state index in [1.807, 2.05) is 0 Å². The molecular formula is C18H14F4N2O2S. The van der Waals surface area contributed by atoms with Crippen molar-refractivity contribution in [1.82, 2.24) is 9.97 Å². The van der Waals surface area contributed by atoms with Gasteiger partial charge in [0.15, 0.2) is 0 Å². The summed E-state index contributed by atoms with van der Waals surface area (Å²) in [5.74, 6) is -1.18. The van der Waals surface area contributed by atoms with Crippen LogP contribution in [0.1, 0.15) is 5.82 Å². The highest BCUT2D eigenvalue weighted by atomic mass is 32.2. The normalized spacial score (nSPS) is 12.9. The summed E-state index contributed by atoms with van der Waals surface area (Å²) in [7, 11) is 0. The van der Waals surface area contributed by atoms with Gasteiger partial charge in [0.2, 0.25) is 5.82 Å². The molecule has 0 spiro atoms. The molecule has 0 saturated heterocycles. The molecule has 27 heavy (non-hydrogen) atoms. The predicted octanol–water partition coefficient (Wildman–Crippen LogP) is 4.32. The Bertz CT molecular complexity index is 919. The highest BCUT2D eigenvalue weighted by Crippen LogP contribution is 2.32. The van der Waals surface area contributed by atoms with E-state index in [2.05, 4.69) is 9.97 Å². The Balaban J connectivity index is 1.69. The first kappa shape index (κ1) is 19.4. The van der Waals surface area contributed by atoms with Gasteiger partial charge >= 0.3 is 6.18 Å². The van der Waals surface area contributed by atoms with Crippen LogP contribution < -0.4 is 4.74 Å². The topological polar surface area (TPSA) is 55.2 Å². The van der Waals surface area contributed by atoms with E-state index in [1.165, 1.54) is 30.3 Å². The number of hydrogen-bond donors (Lipinski definition) is 1. The van der Waals surface area contributed by atoms with Crippen molar-refractivity contribution >= 4 is 22.7 Å². The molecule has 0 radical (unpaired) electrons. The number of nitrogens with zero attached hydrogens (tertiary/aromatic N) is 2. The number of aliphatic hydroxyl groups is 1. The number of para-hydroxylation sites is 1. The fraction of sp³-hybridized carbons (Fsp3) is 0.222. The van der Waals surface area contributed by atoms with Crippen molar-refractivity contribution < 1.29 is 27.4 Å². The molecule has 1 aromatic heterocycles. The zero-order valence-electron chi connectivity index (χ0n) is 13.8. The Morgan fingerprint density at radius 3 is 2.44 bits per heavy atom. The van der Waals surface area contributed by atoms with E-state index in [0.29, 0.717) is 11.1 Å². The maximum Gasteiger partial charge on any atom is 0.451 e. The summed E-state index contributed by atoms with van der Waals surface area (Å²) in [6, 6.07) is 11.7. The number of alkyl halides is 3. The minimum atomic E-state index is -4.66. The number of aromatic nitrogens is 2. The lowest BCUT2D eigenvalue weighted by molar-refractivity contribution is -0.145. The van der Waals surface area contributed by atoms with E-state index in [1.54, 1.807) is 18.2 Å². The summed E-state index contributed by atoms with van der Waals surface area (Å²) >= 11 is 0.985. The van der Waals surface area contributed by atoms with Gasteiger partial charge in [0.05, 0.1) is 11.6 Å². The Morgan fingerprint density at radius 2 is 1.74 bits per heavy atom. The first-order valence-corrected chi connectivity index (χ1v) is 8.84. The van der Waals surface area contributed by atoms with Crippen LogP contribution in [0.3, 0.4) is 0 Å². The molecule has 0 fully saturated rings. The summed E-state index contributed by atoms with van der Waals surface area (Å²) in [4.78, 5) is 7.16. The van der Waals surface area contributed by atoms with Crippen LogP contribution in [-0.4, -0.2) is 33.5 Å². The number of thioether (sulfide) groups is 1. The van der Waals surface area contributed by atoms with Crippen molar-refractivity contribution in [3.8, 4) is 5.75 Å². The third kappa shape index (κ3) is 5.08. The molecule has 9 heteroatoms. The molecular weight excluding hydrogens is 384 g/mol. The monoisotopic (exact) mass is 398 g/mol. The second-order valence-corrected chi connectivity index (χ2v) is 6.61. The largest absolute Gasteiger partial charge is 0.491 e. The summed E-state index contributed by atoms with van der Waals surface area (Å²) in [5.41, 5.74) is 0.180. The molecule has 1 atom stereocenters. The number of ether oxygens (including phenoxy) is 1. The van der Waals surface area contributed by atoms with Crippen LogP contribution in [0.15, 0.2) is 53.6 Å². The van der Waals surface area contributed by atoms with E-state index in [0.717, 1.165) is 11.8 Å². The van der Waals surface area contributed by atoms with Gasteiger partial charge in [-0.15, -0.1) is 11.8 Å². The van der Waals surface area contributed by atoms with Crippen LogP contribution in [0.5, 0.6) is 5.75 Å². The van der Waals surface area contributed by atoms with Gasteiger partial charge in [0, 0.05) is 11.1 Å². The van der Waals surface area contributed by atoms with Crippen molar-refractivity contribution in [2.24, 2.45) is 0 Å². The van der Waals surface area contributed by atoms with E-state index < -0.39 is 23.9 Å². The number of aliphatic hydroxyl groups excluding tert-OH is 1. The molecule has 2 aromatic carbocycles. The molecule has 0 amide bonds. The van der Waals surface area contributed by atoms with Crippen molar-refractivity contribution in [3.05, 3.63) is 60.2 Å². The van der Waals surface area contributed by atoms with Gasteiger partial charge in [-0.25, -0.2) is 14.4 Å². The van der Waals surface area contributed by atoms with Gasteiger partial charge in [-0.05, 0) is 30.3 Å². The van der Waals surface area contributed by atoms with Crippen LogP contribution in [0.2, 0.25) is 0 Å². The Kier molecular flexibility index (Phi) is 5.81. The van der Waals surface area contributed by atoms with Gasteiger partial charge < -0.3 is 9.84 Å². The van der Waals surface area contributed by atoms with Crippen molar-refractivity contribution in [1.29, 1.82) is 0 Å². The first-order valence-electron chi connectivity index (χ1n) is 7.86. The molecule has 142 valence electrons. The van der Waals surface area contributed by atoms with E-state index in [4.69, 9.17) is 4.74 Å². The molecule has 4 nitrogen and oxygen atoms in total. The van der Waals surface area contributed by atoms with E-state index in [-0.39, 0.29) is 22.9 Å². The third-order valence-corrected chi connectivity index (χ3v) is 4.63. The number of benzene rings is 2. The van der Waals surface area contributed by atoms with Crippen molar-refractivity contribution in [2.75, 3.05) is 12.4 Å². The standard InChI is InChI=1S/C18H14F4N2O2S/c19-11-5-7-13(8-6-11)26-9-12(25)10-27-16-14-3-1-2-4-15(14)23-17(24-16)18(20,21)22/h1-8,12,25H,9-10H2. The smallest absolute Gasteiger partial charge is 0.451 e. The zero-order chi connectivity index (χ0) is 19.4. The van der Waals surface area contributed by atoms with Gasteiger partial charge in [-0.2, -0.15) is 13.2 Å². The fourth-order valence-electron chi connectivity index (χ4n) is 2.23. The summed E-state index contributed by atoms with van der Waals surface area (Å²) in [6.45, 7) is -0.0895. The molecule has 1 unspecified atom stereocenters. The lowest BCUT2D eigenvalue weighted by Gasteiger charge is -2.13. The predicted molar refractivity (Wildman–Crippen MR) is 93.2 cm³/mol. The second-order valence-electron chi connectivity index (χ2n) is 5.60. The minimum Gasteiger partial charge on any atom is -0.491 e. The maximum absolute atomic E-state index is 13.0. The lowest BCUT2D eigenvalue weighted by Crippen LogP contribution is -2.20. The van der Waals surface area contributed by atoms with E-state index in [9.17, 15) is 22.7 Å². The molecule has 3 aromatic rings. The zero-order valence-corrected chi connectivity index (χ0v) is 14.6. The number of rotatable bonds is 6. The average Bonchev–Trinajstić information content (AvgIpc) is 2.64. The molecule has 0 aliphatic rings. The molecule has 1 heterocycles. The van der Waals surface area contributed by atoms with Crippen LogP contribution >= 0.6 is 11.8 Å². The molecule has 0 saturated carbocycles. The number of fused-ring (bicyclic) bond motifs is 1. The fourth-order valence-corrected chi connectivity index (χ4v) is 3.16. The first-order chi connectivity index (χ1) is 12.8. The molecule has 1 N–H and O–H groups in total. The molecule has 3 rings (SSSR count). The third-order valence-electron chi connectivity index (χ3n) is 3.49. The van der Waals surface area contributed by atoms with Gasteiger partial charge in [-0.3, -0.25) is 0 Å². The Hall–Kier alpha value is -2.39. The average molecular weight is 398 g/mol. The summed E-state index contributed by atoms with van der Waals surface area (Å²) < 4.78 is 57.2. The highest BCUT2D eigenvalue weighted by molar-refractivity contribution is 7.99. The number of hydrogen-bond acceptors (Lipinski definition) is 5. The van der Waals surface area contributed by atoms with Crippen LogP contribution in [-0.2, 0) is 6.18 Å². The van der Waals surface area contributed by atoms with Crippen LogP contribution in [0.25, 0.3) is 10.9 Å². The Labute approximate surface area is 156 Å². The van der Waals surface area contributed by atoms with E-state index >= 15 is 0 Å². The Morgan fingerprint density at radius 1 is 1.04 bits per heavy atom. The lowest BCUT2D eigenvalue weighted by atomic mass is 10.2. The highest BCUT2D eigenvalue weighted by Gasteiger charge is 2.35. The van der Waals surface area contributed by atoms with Crippen LogP contribution in [0, 0.1) is 5.82 Å². The van der Waals surface area contributed by atoms with Crippen molar-refractivity contribution in [3.63, 3.8) is 0 Å². The molecule has 0 bridgehead atoms. The maximum atomic E-state index is 13.0. The number of halogens is 4. The van der Waals surface area contributed by atoms with Gasteiger partial charge in [-0.1, -0.05) is 18.2 Å².